The van der Waals surface area contributed by atoms with E-state index in [-0.39, 0.29) is 5.15 Å². The van der Waals surface area contributed by atoms with Gasteiger partial charge in [-0.15, -0.1) is 10.2 Å². The van der Waals surface area contributed by atoms with Gasteiger partial charge in [0.2, 0.25) is 0 Å². The zero-order valence-corrected chi connectivity index (χ0v) is 19.3. The Bertz CT molecular complexity index is 1360. The predicted octanol–water partition coefficient (Wildman–Crippen LogP) is 4.78. The Kier molecular flexibility index (Phi) is 6.11. The van der Waals surface area contributed by atoms with E-state index >= 15 is 0 Å². The van der Waals surface area contributed by atoms with Crippen LogP contribution in [0.1, 0.15) is 12.5 Å². The summed E-state index contributed by atoms with van der Waals surface area (Å²) >= 11 is 11.9. The van der Waals surface area contributed by atoms with Gasteiger partial charge in [-0.2, -0.15) is 0 Å². The highest BCUT2D eigenvalue weighted by Gasteiger charge is 2.21. The zero-order chi connectivity index (χ0) is 23.5. The van der Waals surface area contributed by atoms with Gasteiger partial charge < -0.3 is 0 Å². The molecule has 0 saturated carbocycles. The number of halogens is 2. The van der Waals surface area contributed by atoms with Gasteiger partial charge in [-0.05, 0) is 36.2 Å². The van der Waals surface area contributed by atoms with E-state index in [4.69, 9.17) is 33.2 Å². The number of aromatic nitrogens is 9. The number of hydrogen-bond donors (Lipinski definition) is 0. The van der Waals surface area contributed by atoms with Crippen molar-refractivity contribution in [3.8, 4) is 45.7 Å². The van der Waals surface area contributed by atoms with E-state index in [0.29, 0.717) is 46.0 Å². The highest BCUT2D eigenvalue weighted by Crippen LogP contribution is 2.30. The smallest absolute Gasteiger partial charge is 0.199 e. The molecule has 0 radical (unpaired) electrons. The van der Waals surface area contributed by atoms with Crippen LogP contribution < -0.4 is 0 Å². The molecule has 9 nitrogen and oxygen atoms in total. The number of nitrogens with zero attached hydrogens (tertiary/aromatic N) is 9. The molecular formula is C23H15Cl2N9. The van der Waals surface area contributed by atoms with E-state index in [9.17, 15) is 0 Å². The largest absolute Gasteiger partial charge is 0.265 e. The summed E-state index contributed by atoms with van der Waals surface area (Å²) < 4.78 is 0. The molecule has 166 valence electrons. The van der Waals surface area contributed by atoms with Crippen molar-refractivity contribution in [3.63, 3.8) is 0 Å². The molecule has 0 saturated heterocycles. The van der Waals surface area contributed by atoms with E-state index in [1.807, 2.05) is 19.1 Å². The van der Waals surface area contributed by atoms with E-state index in [1.54, 1.807) is 36.9 Å². The first kappa shape index (κ1) is 21.9. The fourth-order valence-corrected chi connectivity index (χ4v) is 3.53. The quantitative estimate of drug-likeness (QED) is 0.345. The van der Waals surface area contributed by atoms with Gasteiger partial charge in [0, 0.05) is 48.3 Å². The Morgan fingerprint density at radius 1 is 0.676 bits per heavy atom. The number of pyridine rings is 1. The molecule has 0 aromatic carbocycles. The third kappa shape index (κ3) is 4.43. The molecule has 5 heterocycles. The maximum atomic E-state index is 5.99. The van der Waals surface area contributed by atoms with Crippen molar-refractivity contribution in [2.24, 2.45) is 0 Å². The maximum Gasteiger partial charge on any atom is 0.199 e. The normalized spacial score (nSPS) is 10.9. The minimum Gasteiger partial charge on any atom is -0.265 e. The molecule has 5 aromatic rings. The first-order chi connectivity index (χ1) is 16.6. The van der Waals surface area contributed by atoms with Crippen LogP contribution in [0.3, 0.4) is 0 Å². The van der Waals surface area contributed by atoms with Crippen LogP contribution >= 0.6 is 23.2 Å². The SMILES string of the molecule is CCc1c(-c2ccc(Cl)nn2)nc(-c2ncc(-c3ccncc3)cn2)nc1-c1ncc(Cl)cn1. The van der Waals surface area contributed by atoms with Crippen molar-refractivity contribution < 1.29 is 0 Å². The third-order valence-electron chi connectivity index (χ3n) is 4.93. The van der Waals surface area contributed by atoms with Crippen molar-refractivity contribution in [2.75, 3.05) is 0 Å². The first-order valence-electron chi connectivity index (χ1n) is 10.2. The highest BCUT2D eigenvalue weighted by molar-refractivity contribution is 6.30. The molecule has 0 atom stereocenters. The van der Waals surface area contributed by atoms with Gasteiger partial charge in [0.15, 0.2) is 22.6 Å². The molecule has 0 fully saturated rings. The second-order valence-corrected chi connectivity index (χ2v) is 7.90. The van der Waals surface area contributed by atoms with Gasteiger partial charge in [-0.1, -0.05) is 30.1 Å². The summed E-state index contributed by atoms with van der Waals surface area (Å²) in [5.41, 5.74) is 4.26. The highest BCUT2D eigenvalue weighted by atomic mass is 35.5. The van der Waals surface area contributed by atoms with Crippen LogP contribution in [0.4, 0.5) is 0 Å². The maximum absolute atomic E-state index is 5.99. The van der Waals surface area contributed by atoms with Crippen LogP contribution in [-0.2, 0) is 6.42 Å². The van der Waals surface area contributed by atoms with E-state index < -0.39 is 0 Å². The monoisotopic (exact) mass is 487 g/mol. The Morgan fingerprint density at radius 3 is 2.00 bits per heavy atom. The van der Waals surface area contributed by atoms with E-state index in [0.717, 1.165) is 16.7 Å². The molecule has 0 aliphatic rings. The van der Waals surface area contributed by atoms with Crippen molar-refractivity contribution in [3.05, 3.63) is 77.2 Å². The fourth-order valence-electron chi connectivity index (χ4n) is 3.33. The van der Waals surface area contributed by atoms with Crippen molar-refractivity contribution in [1.29, 1.82) is 0 Å². The van der Waals surface area contributed by atoms with Crippen molar-refractivity contribution in [2.45, 2.75) is 13.3 Å². The Morgan fingerprint density at radius 2 is 1.35 bits per heavy atom. The molecule has 0 amide bonds. The molecule has 5 aromatic heterocycles. The topological polar surface area (TPSA) is 116 Å². The van der Waals surface area contributed by atoms with E-state index in [1.165, 1.54) is 12.4 Å². The molecule has 0 aliphatic carbocycles. The summed E-state index contributed by atoms with van der Waals surface area (Å²) in [7, 11) is 0. The molecule has 0 aliphatic heterocycles. The van der Waals surface area contributed by atoms with Crippen LogP contribution in [0.2, 0.25) is 10.2 Å². The molecule has 0 spiro atoms. The van der Waals surface area contributed by atoms with Crippen LogP contribution in [0.25, 0.3) is 45.7 Å². The van der Waals surface area contributed by atoms with E-state index in [2.05, 4.69) is 35.1 Å². The average Bonchev–Trinajstić information content (AvgIpc) is 2.89. The molecule has 0 N–H and O–H groups in total. The van der Waals surface area contributed by atoms with Gasteiger partial charge >= 0.3 is 0 Å². The minimum absolute atomic E-state index is 0.285. The van der Waals surface area contributed by atoms with Crippen LogP contribution in [-0.4, -0.2) is 45.1 Å². The summed E-state index contributed by atoms with van der Waals surface area (Å²) in [6.45, 7) is 1.99. The molecule has 34 heavy (non-hydrogen) atoms. The van der Waals surface area contributed by atoms with Crippen molar-refractivity contribution >= 4 is 23.2 Å². The lowest BCUT2D eigenvalue weighted by molar-refractivity contribution is 0.982. The Labute approximate surface area is 204 Å². The zero-order valence-electron chi connectivity index (χ0n) is 17.8. The summed E-state index contributed by atoms with van der Waals surface area (Å²) in [5.74, 6) is 1.05. The van der Waals surface area contributed by atoms with Gasteiger partial charge in [0.1, 0.15) is 11.4 Å². The average molecular weight is 488 g/mol. The third-order valence-corrected chi connectivity index (χ3v) is 5.33. The van der Waals surface area contributed by atoms with Crippen LogP contribution in [0.5, 0.6) is 0 Å². The lowest BCUT2D eigenvalue weighted by atomic mass is 10.0. The summed E-state index contributed by atoms with van der Waals surface area (Å²) in [6, 6.07) is 7.18. The van der Waals surface area contributed by atoms with Gasteiger partial charge in [0.25, 0.3) is 0 Å². The molecule has 5 rings (SSSR count). The second-order valence-electron chi connectivity index (χ2n) is 7.07. The van der Waals surface area contributed by atoms with Crippen LogP contribution in [0.15, 0.2) is 61.4 Å². The summed E-state index contributed by atoms with van der Waals surface area (Å²) in [4.78, 5) is 31.2. The predicted molar refractivity (Wildman–Crippen MR) is 128 cm³/mol. The standard InChI is InChI=1S/C23H15Cl2N9/c1-2-16-19(17-3-4-18(25)34-33-17)31-23(32-20(16)21-29-11-15(24)12-30-21)22-27-9-14(10-28-22)13-5-7-26-8-6-13/h3-12H,2H2,1H3. The first-order valence-corrected chi connectivity index (χ1v) is 11.0. The summed E-state index contributed by atoms with van der Waals surface area (Å²) in [6.07, 6.45) is 10.5. The molecular weight excluding hydrogens is 473 g/mol. The second kappa shape index (κ2) is 9.50. The minimum atomic E-state index is 0.285. The fraction of sp³-hybridized carbons (Fsp3) is 0.0870. The summed E-state index contributed by atoms with van der Waals surface area (Å²) in [5, 5.41) is 8.89. The van der Waals surface area contributed by atoms with Crippen LogP contribution in [0, 0.1) is 0 Å². The number of hydrogen-bond acceptors (Lipinski definition) is 9. The molecule has 0 bridgehead atoms. The Hall–Kier alpha value is -3.95. The number of rotatable bonds is 5. The van der Waals surface area contributed by atoms with Gasteiger partial charge in [-0.25, -0.2) is 29.9 Å². The molecule has 0 unspecified atom stereocenters. The van der Waals surface area contributed by atoms with Gasteiger partial charge in [-0.3, -0.25) is 4.98 Å². The Balaban J connectivity index is 1.67. The lowest BCUT2D eigenvalue weighted by Crippen LogP contribution is -2.07. The lowest BCUT2D eigenvalue weighted by Gasteiger charge is -2.13. The van der Waals surface area contributed by atoms with Crippen molar-refractivity contribution in [1.82, 2.24) is 45.1 Å². The van der Waals surface area contributed by atoms with Gasteiger partial charge in [0.05, 0.1) is 10.7 Å². The molecule has 11 heteroatoms.